The molecule has 4 aromatic rings. The molecule has 0 aliphatic rings. The van der Waals surface area contributed by atoms with Gasteiger partial charge in [0.2, 0.25) is 0 Å². The number of ether oxygens (including phenoxy) is 2. The van der Waals surface area contributed by atoms with Gasteiger partial charge < -0.3 is 9.47 Å². The van der Waals surface area contributed by atoms with E-state index in [1.165, 1.54) is 11.8 Å². The average molecular weight is 404 g/mol. The van der Waals surface area contributed by atoms with Crippen molar-refractivity contribution in [2.24, 2.45) is 0 Å². The molecule has 0 unspecified atom stereocenters. The van der Waals surface area contributed by atoms with Gasteiger partial charge in [0.05, 0.1) is 30.8 Å². The maximum Gasteiger partial charge on any atom is 0.266 e. The van der Waals surface area contributed by atoms with Gasteiger partial charge in [-0.15, -0.1) is 0 Å². The Hall–Kier alpha value is -3.25. The van der Waals surface area contributed by atoms with Crippen molar-refractivity contribution in [1.29, 1.82) is 0 Å². The van der Waals surface area contributed by atoms with Gasteiger partial charge in [-0.1, -0.05) is 54.2 Å². The predicted octanol–water partition coefficient (Wildman–Crippen LogP) is 4.70. The van der Waals surface area contributed by atoms with Crippen molar-refractivity contribution < 1.29 is 9.47 Å². The molecule has 0 atom stereocenters. The number of para-hydroxylation sites is 1. The maximum absolute atomic E-state index is 13.4. The lowest BCUT2D eigenvalue weighted by Gasteiger charge is -2.16. The molecule has 0 amide bonds. The van der Waals surface area contributed by atoms with Crippen molar-refractivity contribution in [2.75, 3.05) is 14.2 Å². The maximum atomic E-state index is 13.4. The molecule has 4 rings (SSSR count). The van der Waals surface area contributed by atoms with Gasteiger partial charge in [-0.3, -0.25) is 9.36 Å². The molecule has 0 saturated carbocycles. The molecule has 0 aliphatic heterocycles. The molecule has 0 spiro atoms. The number of rotatable bonds is 6. The third-order valence-electron chi connectivity index (χ3n) is 4.58. The summed E-state index contributed by atoms with van der Waals surface area (Å²) in [5.74, 6) is 1.91. The van der Waals surface area contributed by atoms with Crippen molar-refractivity contribution in [3.8, 4) is 17.2 Å². The summed E-state index contributed by atoms with van der Waals surface area (Å²) in [7, 11) is 3.18. The highest BCUT2D eigenvalue weighted by Crippen LogP contribution is 2.31. The normalized spacial score (nSPS) is 10.8. The van der Waals surface area contributed by atoms with Gasteiger partial charge in [-0.25, -0.2) is 4.98 Å². The zero-order chi connectivity index (χ0) is 20.2. The van der Waals surface area contributed by atoms with Gasteiger partial charge in [-0.2, -0.15) is 0 Å². The van der Waals surface area contributed by atoms with Gasteiger partial charge in [0.25, 0.3) is 5.56 Å². The molecule has 0 saturated heterocycles. The lowest BCUT2D eigenvalue weighted by molar-refractivity contribution is 0.400. The van der Waals surface area contributed by atoms with Crippen molar-refractivity contribution in [2.45, 2.75) is 10.9 Å². The molecule has 0 fully saturated rings. The summed E-state index contributed by atoms with van der Waals surface area (Å²) in [6.45, 7) is 0. The first kappa shape index (κ1) is 19.1. The Morgan fingerprint density at radius 2 is 1.69 bits per heavy atom. The van der Waals surface area contributed by atoms with E-state index in [9.17, 15) is 4.79 Å². The van der Waals surface area contributed by atoms with Gasteiger partial charge in [0.1, 0.15) is 11.5 Å². The highest BCUT2D eigenvalue weighted by Gasteiger charge is 2.17. The van der Waals surface area contributed by atoms with Crippen LogP contribution in [0.2, 0.25) is 0 Å². The fourth-order valence-electron chi connectivity index (χ4n) is 3.12. The summed E-state index contributed by atoms with van der Waals surface area (Å²) in [4.78, 5) is 18.2. The van der Waals surface area contributed by atoms with Crippen LogP contribution in [0.4, 0.5) is 0 Å². The largest absolute Gasteiger partial charge is 0.497 e. The number of thioether (sulfide) groups is 1. The quantitative estimate of drug-likeness (QED) is 0.345. The van der Waals surface area contributed by atoms with Gasteiger partial charge >= 0.3 is 0 Å². The standard InChI is InChI=1S/C23H20N2O3S/c1-27-17-12-13-21(28-2)20(14-17)25-22(26)18-10-6-7-11-19(18)24-23(25)29-15-16-8-4-3-5-9-16/h3-14H,15H2,1-2H3. The van der Waals surface area contributed by atoms with Crippen LogP contribution in [0.15, 0.2) is 82.7 Å². The van der Waals surface area contributed by atoms with Crippen LogP contribution in [0, 0.1) is 0 Å². The third kappa shape index (κ3) is 3.84. The molecule has 0 bridgehead atoms. The Balaban J connectivity index is 1.92. The molecule has 0 radical (unpaired) electrons. The van der Waals surface area contributed by atoms with E-state index in [0.717, 1.165) is 5.56 Å². The van der Waals surface area contributed by atoms with E-state index >= 15 is 0 Å². The predicted molar refractivity (Wildman–Crippen MR) is 116 cm³/mol. The van der Waals surface area contributed by atoms with Crippen LogP contribution in [-0.4, -0.2) is 23.8 Å². The molecule has 29 heavy (non-hydrogen) atoms. The third-order valence-corrected chi connectivity index (χ3v) is 5.59. The molecule has 1 heterocycles. The van der Waals surface area contributed by atoms with Crippen molar-refractivity contribution in [3.05, 3.63) is 88.7 Å². The first-order chi connectivity index (χ1) is 14.2. The van der Waals surface area contributed by atoms with Crippen molar-refractivity contribution in [3.63, 3.8) is 0 Å². The molecular weight excluding hydrogens is 384 g/mol. The molecule has 5 nitrogen and oxygen atoms in total. The van der Waals surface area contributed by atoms with Gasteiger partial charge in [-0.05, 0) is 29.8 Å². The molecule has 0 N–H and O–H groups in total. The lowest BCUT2D eigenvalue weighted by atomic mass is 10.2. The van der Waals surface area contributed by atoms with E-state index in [2.05, 4.69) is 12.1 Å². The monoisotopic (exact) mass is 404 g/mol. The van der Waals surface area contributed by atoms with E-state index in [0.29, 0.717) is 39.0 Å². The van der Waals surface area contributed by atoms with Crippen LogP contribution in [0.1, 0.15) is 5.56 Å². The second kappa shape index (κ2) is 8.41. The smallest absolute Gasteiger partial charge is 0.266 e. The van der Waals surface area contributed by atoms with Gasteiger partial charge in [0.15, 0.2) is 5.16 Å². The summed E-state index contributed by atoms with van der Waals surface area (Å²) < 4.78 is 12.5. The van der Waals surface area contributed by atoms with Gasteiger partial charge in [0, 0.05) is 11.8 Å². The molecule has 3 aromatic carbocycles. The Kier molecular flexibility index (Phi) is 5.53. The summed E-state index contributed by atoms with van der Waals surface area (Å²) in [5, 5.41) is 1.16. The molecule has 146 valence electrons. The Morgan fingerprint density at radius 3 is 2.45 bits per heavy atom. The molecule has 0 aliphatic carbocycles. The number of aromatic nitrogens is 2. The van der Waals surface area contributed by atoms with Crippen LogP contribution in [-0.2, 0) is 5.75 Å². The first-order valence-corrected chi connectivity index (χ1v) is 10.1. The minimum absolute atomic E-state index is 0.141. The SMILES string of the molecule is COc1ccc(OC)c(-n2c(SCc3ccccc3)nc3ccccc3c2=O)c1. The number of nitrogens with zero attached hydrogens (tertiary/aromatic N) is 2. The second-order valence-corrected chi connectivity index (χ2v) is 7.31. The molecule has 1 aromatic heterocycles. The van der Waals surface area contributed by atoms with Crippen LogP contribution >= 0.6 is 11.8 Å². The number of hydrogen-bond donors (Lipinski definition) is 0. The minimum atomic E-state index is -0.141. The fourth-order valence-corrected chi connectivity index (χ4v) is 4.08. The molecular formula is C23H20N2O3S. The zero-order valence-corrected chi connectivity index (χ0v) is 17.0. The minimum Gasteiger partial charge on any atom is -0.497 e. The highest BCUT2D eigenvalue weighted by molar-refractivity contribution is 7.98. The zero-order valence-electron chi connectivity index (χ0n) is 16.2. The van der Waals surface area contributed by atoms with E-state index in [1.807, 2.05) is 36.4 Å². The second-order valence-electron chi connectivity index (χ2n) is 6.36. The summed E-state index contributed by atoms with van der Waals surface area (Å²) >= 11 is 1.51. The number of fused-ring (bicyclic) bond motifs is 1. The van der Waals surface area contributed by atoms with E-state index in [1.54, 1.807) is 43.1 Å². The number of methoxy groups -OCH3 is 2. The lowest BCUT2D eigenvalue weighted by Crippen LogP contribution is -2.22. The van der Waals surface area contributed by atoms with Crippen LogP contribution in [0.5, 0.6) is 11.5 Å². The van der Waals surface area contributed by atoms with E-state index in [-0.39, 0.29) is 5.56 Å². The van der Waals surface area contributed by atoms with Crippen LogP contribution in [0.3, 0.4) is 0 Å². The van der Waals surface area contributed by atoms with E-state index < -0.39 is 0 Å². The van der Waals surface area contributed by atoms with Crippen molar-refractivity contribution in [1.82, 2.24) is 9.55 Å². The summed E-state index contributed by atoms with van der Waals surface area (Å²) in [6, 6.07) is 22.9. The van der Waals surface area contributed by atoms with Crippen LogP contribution in [0.25, 0.3) is 16.6 Å². The molecule has 6 heteroatoms. The number of hydrogen-bond acceptors (Lipinski definition) is 5. The number of benzene rings is 3. The topological polar surface area (TPSA) is 53.4 Å². The highest BCUT2D eigenvalue weighted by atomic mass is 32.2. The Morgan fingerprint density at radius 1 is 0.931 bits per heavy atom. The fraction of sp³-hybridized carbons (Fsp3) is 0.130. The summed E-state index contributed by atoms with van der Waals surface area (Å²) in [5.41, 5.74) is 2.29. The summed E-state index contributed by atoms with van der Waals surface area (Å²) in [6.07, 6.45) is 0. The Bertz CT molecular complexity index is 1210. The van der Waals surface area contributed by atoms with Crippen LogP contribution < -0.4 is 15.0 Å². The van der Waals surface area contributed by atoms with Crippen molar-refractivity contribution >= 4 is 22.7 Å². The Labute approximate surface area is 172 Å². The van der Waals surface area contributed by atoms with E-state index in [4.69, 9.17) is 14.5 Å². The average Bonchev–Trinajstić information content (AvgIpc) is 2.78. The first-order valence-electron chi connectivity index (χ1n) is 9.12.